The van der Waals surface area contributed by atoms with Gasteiger partial charge in [-0.3, -0.25) is 4.79 Å². The van der Waals surface area contributed by atoms with E-state index in [1.54, 1.807) is 0 Å². The van der Waals surface area contributed by atoms with Gasteiger partial charge in [-0.1, -0.05) is 0 Å². The number of esters is 1. The van der Waals surface area contributed by atoms with Gasteiger partial charge in [-0.05, 0) is 0 Å². The summed E-state index contributed by atoms with van der Waals surface area (Å²) >= 11 is 3.93. The first-order valence-electron chi connectivity index (χ1n) is 4.02. The number of carbonyl (C=O) groups is 1. The Morgan fingerprint density at radius 3 is 2.31 bits per heavy atom. The maximum atomic E-state index is 10.9. The molecule has 0 aliphatic carbocycles. The Kier molecular flexibility index (Phi) is 9.66. The van der Waals surface area contributed by atoms with Crippen molar-refractivity contribution in [3.63, 3.8) is 0 Å². The Bertz CT molecular complexity index is 148. The number of likely N-dealkylation sites (N-methyl/N-ethyl adjacent to an activating group) is 1. The summed E-state index contributed by atoms with van der Waals surface area (Å²) in [5, 5.41) is 0. The lowest BCUT2D eigenvalue weighted by atomic mass is 10.5. The molecule has 0 spiro atoms. The zero-order valence-electron chi connectivity index (χ0n) is 8.42. The van der Waals surface area contributed by atoms with Gasteiger partial charge in [-0.2, -0.15) is 12.6 Å². The van der Waals surface area contributed by atoms with Crippen molar-refractivity contribution in [2.45, 2.75) is 6.42 Å². The summed E-state index contributed by atoms with van der Waals surface area (Å²) in [4.78, 5) is 10.9. The molecule has 0 saturated carbocycles. The predicted octanol–water partition coefficient (Wildman–Crippen LogP) is -2.44. The maximum absolute atomic E-state index is 10.9. The predicted molar refractivity (Wildman–Crippen MR) is 52.3 cm³/mol. The molecule has 0 bridgehead atoms. The van der Waals surface area contributed by atoms with Crippen LogP contribution in [-0.4, -0.2) is 50.5 Å². The quantitative estimate of drug-likeness (QED) is 0.264. The minimum Gasteiger partial charge on any atom is -1.00 e. The Morgan fingerprint density at radius 2 is 1.92 bits per heavy atom. The van der Waals surface area contributed by atoms with E-state index in [1.165, 1.54) is 0 Å². The average Bonchev–Trinajstić information content (AvgIpc) is 1.84. The van der Waals surface area contributed by atoms with Crippen molar-refractivity contribution < 1.29 is 38.0 Å². The highest BCUT2D eigenvalue weighted by atomic mass is 127. The summed E-state index contributed by atoms with van der Waals surface area (Å²) in [5.74, 6) is 0.405. The van der Waals surface area contributed by atoms with Crippen molar-refractivity contribution in [3.05, 3.63) is 0 Å². The Balaban J connectivity index is 0. The second-order valence-electron chi connectivity index (χ2n) is 3.71. The standard InChI is InChI=1S/C8H17NO2S.HI/c1-9(2,3)5-6-11-8(10)4-7-12;/h4-7H2,1-3H3;1H. The third-order valence-electron chi connectivity index (χ3n) is 1.34. The monoisotopic (exact) mass is 319 g/mol. The van der Waals surface area contributed by atoms with E-state index in [2.05, 4.69) is 33.8 Å². The van der Waals surface area contributed by atoms with Gasteiger partial charge in [0.25, 0.3) is 0 Å². The number of halogens is 1. The summed E-state index contributed by atoms with van der Waals surface area (Å²) in [6.45, 7) is 1.34. The lowest BCUT2D eigenvalue weighted by Gasteiger charge is -2.23. The van der Waals surface area contributed by atoms with Gasteiger partial charge in [-0.15, -0.1) is 0 Å². The molecule has 0 saturated heterocycles. The molecule has 80 valence electrons. The van der Waals surface area contributed by atoms with Gasteiger partial charge in [0.1, 0.15) is 13.2 Å². The Hall–Kier alpha value is 0.510. The summed E-state index contributed by atoms with van der Waals surface area (Å²) in [7, 11) is 6.19. The molecule has 0 radical (unpaired) electrons. The van der Waals surface area contributed by atoms with Crippen molar-refractivity contribution >= 4 is 18.6 Å². The van der Waals surface area contributed by atoms with Crippen LogP contribution in [0.25, 0.3) is 0 Å². The summed E-state index contributed by atoms with van der Waals surface area (Å²) < 4.78 is 5.77. The Morgan fingerprint density at radius 1 is 1.38 bits per heavy atom. The summed E-state index contributed by atoms with van der Waals surface area (Å²) in [5.41, 5.74) is 0. The maximum Gasteiger partial charge on any atom is 0.306 e. The highest BCUT2D eigenvalue weighted by molar-refractivity contribution is 7.80. The van der Waals surface area contributed by atoms with Gasteiger partial charge in [0.2, 0.25) is 0 Å². The second-order valence-corrected chi connectivity index (χ2v) is 4.16. The molecule has 5 heteroatoms. The van der Waals surface area contributed by atoms with Crippen LogP contribution in [0.4, 0.5) is 0 Å². The lowest BCUT2D eigenvalue weighted by Crippen LogP contribution is -3.00. The van der Waals surface area contributed by atoms with Gasteiger partial charge in [0.15, 0.2) is 0 Å². The molecule has 13 heavy (non-hydrogen) atoms. The molecule has 0 amide bonds. The van der Waals surface area contributed by atoms with Crippen LogP contribution in [0.15, 0.2) is 0 Å². The lowest BCUT2D eigenvalue weighted by molar-refractivity contribution is -0.870. The number of rotatable bonds is 5. The van der Waals surface area contributed by atoms with E-state index in [9.17, 15) is 4.79 Å². The van der Waals surface area contributed by atoms with E-state index in [0.29, 0.717) is 18.8 Å². The van der Waals surface area contributed by atoms with E-state index < -0.39 is 0 Å². The number of thiol groups is 1. The molecular formula is C8H18INO2S. The number of hydrogen-bond donors (Lipinski definition) is 1. The van der Waals surface area contributed by atoms with Crippen molar-refractivity contribution in [3.8, 4) is 0 Å². The van der Waals surface area contributed by atoms with Crippen molar-refractivity contribution in [1.29, 1.82) is 0 Å². The molecule has 0 aromatic heterocycles. The van der Waals surface area contributed by atoms with E-state index in [-0.39, 0.29) is 29.9 Å². The zero-order chi connectivity index (χ0) is 9.61. The molecule has 0 N–H and O–H groups in total. The molecule has 3 nitrogen and oxygen atoms in total. The largest absolute Gasteiger partial charge is 1.00 e. The fourth-order valence-corrected chi connectivity index (χ4v) is 0.779. The van der Waals surface area contributed by atoms with Gasteiger partial charge in [0.05, 0.1) is 27.6 Å². The summed E-state index contributed by atoms with van der Waals surface area (Å²) in [6, 6.07) is 0. The van der Waals surface area contributed by atoms with E-state index >= 15 is 0 Å². The number of carbonyl (C=O) groups excluding carboxylic acids is 1. The molecule has 0 aromatic rings. The molecule has 0 fully saturated rings. The Labute approximate surface area is 103 Å². The fourth-order valence-electron chi connectivity index (χ4n) is 0.597. The first-order chi connectivity index (χ1) is 5.45. The number of quaternary nitrogens is 1. The first-order valence-corrected chi connectivity index (χ1v) is 4.66. The smallest absolute Gasteiger partial charge is 0.306 e. The van der Waals surface area contributed by atoms with Gasteiger partial charge < -0.3 is 33.2 Å². The van der Waals surface area contributed by atoms with Crippen LogP contribution in [0.1, 0.15) is 6.42 Å². The average molecular weight is 319 g/mol. The third kappa shape index (κ3) is 12.5. The van der Waals surface area contributed by atoms with Crippen LogP contribution in [0, 0.1) is 0 Å². The van der Waals surface area contributed by atoms with Crippen LogP contribution >= 0.6 is 12.6 Å². The second kappa shape index (κ2) is 7.87. The van der Waals surface area contributed by atoms with Crippen molar-refractivity contribution in [2.24, 2.45) is 0 Å². The number of ether oxygens (including phenoxy) is 1. The molecule has 0 aromatic carbocycles. The molecule has 0 aliphatic heterocycles. The minimum absolute atomic E-state index is 0. The summed E-state index contributed by atoms with van der Waals surface area (Å²) in [6.07, 6.45) is 0.403. The van der Waals surface area contributed by atoms with Crippen LogP contribution in [0.2, 0.25) is 0 Å². The zero-order valence-corrected chi connectivity index (χ0v) is 11.5. The minimum atomic E-state index is -0.154. The highest BCUT2D eigenvalue weighted by Crippen LogP contribution is 1.92. The molecular weight excluding hydrogens is 301 g/mol. The van der Waals surface area contributed by atoms with E-state index in [1.807, 2.05) is 0 Å². The molecule has 0 heterocycles. The first kappa shape index (κ1) is 16.0. The molecule has 0 aliphatic rings. The van der Waals surface area contributed by atoms with Gasteiger partial charge in [0, 0.05) is 5.75 Å². The van der Waals surface area contributed by atoms with Gasteiger partial charge >= 0.3 is 5.97 Å². The molecule has 0 atom stereocenters. The molecule has 0 unspecified atom stereocenters. The van der Waals surface area contributed by atoms with Crippen molar-refractivity contribution in [1.82, 2.24) is 0 Å². The van der Waals surface area contributed by atoms with Crippen LogP contribution < -0.4 is 24.0 Å². The van der Waals surface area contributed by atoms with Crippen LogP contribution in [-0.2, 0) is 9.53 Å². The SMILES string of the molecule is C[N+](C)(C)CCOC(=O)CCS.[I-]. The van der Waals surface area contributed by atoms with E-state index in [0.717, 1.165) is 11.0 Å². The molecule has 0 rings (SSSR count). The number of nitrogens with zero attached hydrogens (tertiary/aromatic N) is 1. The van der Waals surface area contributed by atoms with Crippen molar-refractivity contribution in [2.75, 3.05) is 40.0 Å². The third-order valence-corrected chi connectivity index (χ3v) is 1.56. The normalized spacial score (nSPS) is 10.5. The van der Waals surface area contributed by atoms with Crippen LogP contribution in [0.5, 0.6) is 0 Å². The van der Waals surface area contributed by atoms with E-state index in [4.69, 9.17) is 4.74 Å². The highest BCUT2D eigenvalue weighted by Gasteiger charge is 2.08. The number of hydrogen-bond acceptors (Lipinski definition) is 3. The van der Waals surface area contributed by atoms with Crippen LogP contribution in [0.3, 0.4) is 0 Å². The fraction of sp³-hybridized carbons (Fsp3) is 0.875. The topological polar surface area (TPSA) is 26.3 Å². The van der Waals surface area contributed by atoms with Gasteiger partial charge in [-0.25, -0.2) is 0 Å².